The SMILES string of the molecule is COCCCNS(=O)(=O)c1ccc(Nc2ncc(Br)c(-c3cnc(C)n3C)n2)cc1. The number of hydrogen-bond acceptors (Lipinski definition) is 7. The Hall–Kier alpha value is -2.34. The minimum Gasteiger partial charge on any atom is -0.385 e. The van der Waals surface area contributed by atoms with Crippen LogP contribution >= 0.6 is 15.9 Å². The Morgan fingerprint density at radius 1 is 1.17 bits per heavy atom. The van der Waals surface area contributed by atoms with Crippen LogP contribution in [0.5, 0.6) is 0 Å². The summed E-state index contributed by atoms with van der Waals surface area (Å²) in [4.78, 5) is 13.3. The van der Waals surface area contributed by atoms with Crippen molar-refractivity contribution in [2.75, 3.05) is 25.6 Å². The monoisotopic (exact) mass is 494 g/mol. The highest BCUT2D eigenvalue weighted by molar-refractivity contribution is 9.10. The fraction of sp³-hybridized carbons (Fsp3) is 0.316. The van der Waals surface area contributed by atoms with Crippen molar-refractivity contribution in [3.63, 3.8) is 0 Å². The predicted molar refractivity (Wildman–Crippen MR) is 118 cm³/mol. The van der Waals surface area contributed by atoms with Gasteiger partial charge in [0.1, 0.15) is 11.5 Å². The largest absolute Gasteiger partial charge is 0.385 e. The van der Waals surface area contributed by atoms with Crippen molar-refractivity contribution < 1.29 is 13.2 Å². The number of nitrogens with zero attached hydrogens (tertiary/aromatic N) is 4. The second-order valence-corrected chi connectivity index (χ2v) is 9.15. The molecule has 0 aliphatic rings. The van der Waals surface area contributed by atoms with Crippen LogP contribution in [0.15, 0.2) is 46.0 Å². The van der Waals surface area contributed by atoms with Gasteiger partial charge in [-0.1, -0.05) is 0 Å². The number of rotatable bonds is 9. The van der Waals surface area contributed by atoms with E-state index in [2.05, 4.69) is 40.9 Å². The lowest BCUT2D eigenvalue weighted by atomic mass is 10.3. The molecule has 2 aromatic heterocycles. The third-order valence-electron chi connectivity index (χ3n) is 4.45. The molecule has 2 heterocycles. The molecule has 0 bridgehead atoms. The van der Waals surface area contributed by atoms with Crippen molar-refractivity contribution in [2.24, 2.45) is 7.05 Å². The summed E-state index contributed by atoms with van der Waals surface area (Å²) < 4.78 is 34.8. The van der Waals surface area contributed by atoms with Gasteiger partial charge in [-0.25, -0.2) is 28.1 Å². The maximum atomic E-state index is 12.3. The first kappa shape index (κ1) is 22.3. The number of ether oxygens (including phenoxy) is 1. The lowest BCUT2D eigenvalue weighted by Gasteiger charge is -2.10. The third-order valence-corrected chi connectivity index (χ3v) is 6.50. The molecule has 11 heteroatoms. The minimum atomic E-state index is -3.56. The maximum Gasteiger partial charge on any atom is 0.240 e. The topological polar surface area (TPSA) is 111 Å². The quantitative estimate of drug-likeness (QED) is 0.439. The van der Waals surface area contributed by atoms with Crippen molar-refractivity contribution in [2.45, 2.75) is 18.2 Å². The van der Waals surface area contributed by atoms with E-state index in [9.17, 15) is 8.42 Å². The molecule has 160 valence electrons. The number of sulfonamides is 1. The number of halogens is 1. The fourth-order valence-electron chi connectivity index (χ4n) is 2.68. The molecule has 0 saturated carbocycles. The van der Waals surface area contributed by atoms with E-state index in [0.29, 0.717) is 36.9 Å². The van der Waals surface area contributed by atoms with Crippen molar-refractivity contribution in [1.82, 2.24) is 24.2 Å². The molecule has 30 heavy (non-hydrogen) atoms. The average molecular weight is 495 g/mol. The minimum absolute atomic E-state index is 0.188. The van der Waals surface area contributed by atoms with Crippen molar-refractivity contribution in [3.05, 3.63) is 47.0 Å². The van der Waals surface area contributed by atoms with Crippen LogP contribution in [0.3, 0.4) is 0 Å². The zero-order chi connectivity index (χ0) is 21.7. The number of anilines is 2. The van der Waals surface area contributed by atoms with Crippen LogP contribution in [0.1, 0.15) is 12.2 Å². The molecule has 0 saturated heterocycles. The van der Waals surface area contributed by atoms with Crippen LogP contribution in [0.4, 0.5) is 11.6 Å². The van der Waals surface area contributed by atoms with E-state index in [-0.39, 0.29) is 4.90 Å². The number of benzene rings is 1. The molecule has 0 aliphatic heterocycles. The van der Waals surface area contributed by atoms with Crippen molar-refractivity contribution in [1.29, 1.82) is 0 Å². The Kier molecular flexibility index (Phi) is 7.19. The van der Waals surface area contributed by atoms with E-state index >= 15 is 0 Å². The van der Waals surface area contributed by atoms with Crippen LogP contribution in [-0.2, 0) is 21.8 Å². The Labute approximate surface area is 184 Å². The standard InChI is InChI=1S/C19H23BrN6O3S/c1-13-21-12-17(26(13)2)18-16(20)11-22-19(25-18)24-14-5-7-15(8-6-14)30(27,28)23-9-4-10-29-3/h5-8,11-12,23H,4,9-10H2,1-3H3,(H,22,24,25). The highest BCUT2D eigenvalue weighted by Gasteiger charge is 2.15. The second-order valence-electron chi connectivity index (χ2n) is 6.53. The number of methoxy groups -OCH3 is 1. The van der Waals surface area contributed by atoms with Crippen molar-refractivity contribution in [3.8, 4) is 11.4 Å². The Balaban J connectivity index is 1.74. The van der Waals surface area contributed by atoms with E-state index in [0.717, 1.165) is 16.0 Å². The molecular weight excluding hydrogens is 472 g/mol. The van der Waals surface area contributed by atoms with Gasteiger partial charge in [-0.2, -0.15) is 0 Å². The zero-order valence-electron chi connectivity index (χ0n) is 16.9. The first-order valence-electron chi connectivity index (χ1n) is 9.19. The highest BCUT2D eigenvalue weighted by atomic mass is 79.9. The summed E-state index contributed by atoms with van der Waals surface area (Å²) in [5, 5.41) is 3.10. The second kappa shape index (κ2) is 9.65. The number of nitrogens with one attached hydrogen (secondary N) is 2. The number of aromatic nitrogens is 4. The van der Waals surface area contributed by atoms with Crippen LogP contribution in [0.25, 0.3) is 11.4 Å². The normalized spacial score (nSPS) is 11.6. The molecule has 3 aromatic rings. The van der Waals surface area contributed by atoms with Gasteiger partial charge >= 0.3 is 0 Å². The fourth-order valence-corrected chi connectivity index (χ4v) is 4.15. The van der Waals surface area contributed by atoms with Gasteiger partial charge in [0.2, 0.25) is 16.0 Å². The molecule has 9 nitrogen and oxygen atoms in total. The molecule has 3 rings (SSSR count). The van der Waals surface area contributed by atoms with Gasteiger partial charge in [0.15, 0.2) is 0 Å². The molecule has 2 N–H and O–H groups in total. The molecule has 0 unspecified atom stereocenters. The summed E-state index contributed by atoms with van der Waals surface area (Å²) in [6, 6.07) is 6.41. The molecule has 1 aromatic carbocycles. The summed E-state index contributed by atoms with van der Waals surface area (Å²) in [5.41, 5.74) is 2.23. The van der Waals surface area contributed by atoms with E-state index in [1.54, 1.807) is 31.6 Å². The van der Waals surface area contributed by atoms with Gasteiger partial charge in [0.05, 0.1) is 21.3 Å². The van der Waals surface area contributed by atoms with E-state index in [1.807, 2.05) is 18.5 Å². The summed E-state index contributed by atoms with van der Waals surface area (Å²) in [6.45, 7) is 2.73. The molecule has 0 aliphatic carbocycles. The Bertz CT molecular complexity index is 1120. The zero-order valence-corrected chi connectivity index (χ0v) is 19.3. The van der Waals surface area contributed by atoms with Crippen LogP contribution in [0.2, 0.25) is 0 Å². The first-order valence-corrected chi connectivity index (χ1v) is 11.5. The van der Waals surface area contributed by atoms with E-state index in [4.69, 9.17) is 4.74 Å². The third kappa shape index (κ3) is 5.22. The summed E-state index contributed by atoms with van der Waals surface area (Å²) in [5.74, 6) is 1.26. The van der Waals surface area contributed by atoms with E-state index < -0.39 is 10.0 Å². The molecular formula is C19H23BrN6O3S. The van der Waals surface area contributed by atoms with Crippen LogP contribution < -0.4 is 10.0 Å². The summed E-state index contributed by atoms with van der Waals surface area (Å²) in [6.07, 6.45) is 4.02. The molecule has 0 fully saturated rings. The van der Waals surface area contributed by atoms with Gasteiger partial charge in [-0.3, -0.25) is 0 Å². The molecule has 0 radical (unpaired) electrons. The smallest absolute Gasteiger partial charge is 0.240 e. The average Bonchev–Trinajstić information content (AvgIpc) is 3.06. The Morgan fingerprint density at radius 3 is 2.53 bits per heavy atom. The number of imidazole rings is 1. The first-order chi connectivity index (χ1) is 14.3. The van der Waals surface area contributed by atoms with E-state index in [1.165, 1.54) is 12.1 Å². The Morgan fingerprint density at radius 2 is 1.90 bits per heavy atom. The molecule has 0 spiro atoms. The van der Waals surface area contributed by atoms with Gasteiger partial charge < -0.3 is 14.6 Å². The van der Waals surface area contributed by atoms with Gasteiger partial charge in [0.25, 0.3) is 0 Å². The summed E-state index contributed by atoms with van der Waals surface area (Å²) in [7, 11) is -0.0637. The predicted octanol–water partition coefficient (Wildman–Crippen LogP) is 3.01. The lowest BCUT2D eigenvalue weighted by Crippen LogP contribution is -2.25. The van der Waals surface area contributed by atoms with Gasteiger partial charge in [-0.05, 0) is 53.5 Å². The van der Waals surface area contributed by atoms with Crippen LogP contribution in [-0.4, -0.2) is 48.2 Å². The lowest BCUT2D eigenvalue weighted by molar-refractivity contribution is 0.196. The summed E-state index contributed by atoms with van der Waals surface area (Å²) >= 11 is 3.48. The maximum absolute atomic E-state index is 12.3. The number of aryl methyl sites for hydroxylation is 1. The number of hydrogen-bond donors (Lipinski definition) is 2. The van der Waals surface area contributed by atoms with Gasteiger partial charge in [-0.15, -0.1) is 0 Å². The highest BCUT2D eigenvalue weighted by Crippen LogP contribution is 2.27. The molecule has 0 atom stereocenters. The molecule has 0 amide bonds. The van der Waals surface area contributed by atoms with Crippen molar-refractivity contribution >= 4 is 37.6 Å². The van der Waals surface area contributed by atoms with Gasteiger partial charge in [0, 0.05) is 39.2 Å². The van der Waals surface area contributed by atoms with Crippen LogP contribution in [0, 0.1) is 6.92 Å².